The van der Waals surface area contributed by atoms with E-state index in [0.717, 1.165) is 23.8 Å². The van der Waals surface area contributed by atoms with Gasteiger partial charge in [-0.15, -0.1) is 0 Å². The number of unbranched alkanes of at least 4 members (excludes halogenated alkanes) is 1. The molecule has 0 aromatic heterocycles. The molecule has 1 saturated heterocycles. The number of amides is 5. The van der Waals surface area contributed by atoms with Crippen LogP contribution < -0.4 is 21.3 Å². The van der Waals surface area contributed by atoms with Crippen LogP contribution in [0.5, 0.6) is 0 Å². The van der Waals surface area contributed by atoms with Crippen molar-refractivity contribution in [2.45, 2.75) is 118 Å². The van der Waals surface area contributed by atoms with Gasteiger partial charge in [-0.25, -0.2) is 17.5 Å². The first-order chi connectivity index (χ1) is 24.6. The quantitative estimate of drug-likeness (QED) is 0.177. The van der Waals surface area contributed by atoms with E-state index in [9.17, 15) is 32.4 Å². The number of nitrogens with one attached hydrogen (secondary N) is 4. The summed E-state index contributed by atoms with van der Waals surface area (Å²) in [5.41, 5.74) is 1.65. The lowest BCUT2D eigenvalue weighted by Crippen LogP contribution is -2.61. The molecule has 3 rings (SSSR count). The summed E-state index contributed by atoms with van der Waals surface area (Å²) in [5.74, 6) is -2.70. The van der Waals surface area contributed by atoms with Crippen LogP contribution in [-0.2, 0) is 42.0 Å². The number of nitrogens with zero attached hydrogens (tertiary/aromatic N) is 2. The van der Waals surface area contributed by atoms with Gasteiger partial charge in [-0.05, 0) is 65.9 Å². The molecule has 0 bridgehead atoms. The van der Waals surface area contributed by atoms with Gasteiger partial charge in [0.2, 0.25) is 27.6 Å². The van der Waals surface area contributed by atoms with Gasteiger partial charge in [0.05, 0.1) is 12.3 Å². The van der Waals surface area contributed by atoms with Crippen LogP contribution in [0.2, 0.25) is 0 Å². The van der Waals surface area contributed by atoms with Gasteiger partial charge in [-0.2, -0.15) is 0 Å². The van der Waals surface area contributed by atoms with E-state index in [1.54, 1.807) is 4.90 Å². The fourth-order valence-corrected chi connectivity index (χ4v) is 7.65. The van der Waals surface area contributed by atoms with Crippen molar-refractivity contribution in [1.82, 2.24) is 30.5 Å². The zero-order valence-electron chi connectivity index (χ0n) is 33.5. The van der Waals surface area contributed by atoms with Gasteiger partial charge in [-0.3, -0.25) is 19.2 Å². The number of carbonyl (C=O) groups excluding carboxylic acids is 5. The fraction of sp³-hybridized carbons (Fsp3) is 0.718. The van der Waals surface area contributed by atoms with Crippen molar-refractivity contribution in [3.63, 3.8) is 0 Å². The van der Waals surface area contributed by atoms with Crippen LogP contribution in [0, 0.1) is 29.1 Å². The molecule has 5 atom stereocenters. The van der Waals surface area contributed by atoms with Crippen molar-refractivity contribution >= 4 is 39.6 Å². The second-order valence-electron chi connectivity index (χ2n) is 16.8. The lowest BCUT2D eigenvalue weighted by atomic mass is 9.86. The molecule has 1 aromatic rings. The molecule has 1 aromatic carbocycles. The molecular formula is C39H64N6O7S. The minimum Gasteiger partial charge on any atom is -0.349 e. The molecule has 5 amide bonds. The highest BCUT2D eigenvalue weighted by atomic mass is 32.2. The molecule has 13 nitrogen and oxygen atoms in total. The zero-order chi connectivity index (χ0) is 39.8. The van der Waals surface area contributed by atoms with Crippen molar-refractivity contribution in [2.24, 2.45) is 29.1 Å². The number of benzene rings is 1. The number of rotatable bonds is 17. The number of likely N-dealkylation sites (N-methyl/N-ethyl adjacent to an activating group) is 1. The van der Waals surface area contributed by atoms with Crippen molar-refractivity contribution in [1.29, 1.82) is 0 Å². The molecule has 0 radical (unpaired) electrons. The highest BCUT2D eigenvalue weighted by Crippen LogP contribution is 2.35. The smallest absolute Gasteiger partial charge is 0.315 e. The normalized spacial score (nSPS) is 19.5. The van der Waals surface area contributed by atoms with Gasteiger partial charge in [0, 0.05) is 32.7 Å². The first-order valence-corrected chi connectivity index (χ1v) is 21.0. The average molecular weight is 761 g/mol. The monoisotopic (exact) mass is 760 g/mol. The van der Waals surface area contributed by atoms with Crippen LogP contribution in [-0.4, -0.2) is 104 Å². The number of hydrogen-bond acceptors (Lipinski definition) is 7. The Bertz CT molecular complexity index is 1550. The maximum Gasteiger partial charge on any atom is 0.315 e. The van der Waals surface area contributed by atoms with E-state index in [1.165, 1.54) is 11.4 Å². The van der Waals surface area contributed by atoms with E-state index in [-0.39, 0.29) is 43.2 Å². The number of likely N-dealkylation sites (tertiary alicyclic amines) is 1. The summed E-state index contributed by atoms with van der Waals surface area (Å²) in [6, 6.07) is 3.75. The first-order valence-electron chi connectivity index (χ1n) is 19.1. The molecule has 2 aliphatic rings. The van der Waals surface area contributed by atoms with Gasteiger partial charge >= 0.3 is 6.03 Å². The third-order valence-electron chi connectivity index (χ3n) is 10.7. The molecule has 1 heterocycles. The molecule has 1 aliphatic heterocycles. The van der Waals surface area contributed by atoms with Crippen LogP contribution in [0.3, 0.4) is 0 Å². The standard InChI is InChI=1S/C39H64N6O7S/c1-11-12-17-30(34(46)36(48)40-22-24(2)3)41-35(47)33-29(25(4)5)18-19-45(33)37(49)32(28-20-26-15-13-14-16-27(26)21-28)43-38(50)42-31(39(6,7)8)23-44(9)53(10,51)52/h13-16,24-25,28-33H,11-12,17-23H2,1-10H3,(H,40,48)(H,41,47)(H2,42,43,50)/t29-,30?,31-,32+,33+/m1/s1. The molecule has 0 saturated carbocycles. The van der Waals surface area contributed by atoms with E-state index >= 15 is 0 Å². The SMILES string of the molecule is CCCCC(NC(=O)[C@@H]1[C@@H](C(C)C)CCN1C(=O)[C@@H](NC(=O)N[C@H](CN(C)S(C)(=O)=O)C(C)(C)C)C1Cc2ccccc2C1)C(=O)C(=O)NCC(C)C. The lowest BCUT2D eigenvalue weighted by molar-refractivity contribution is -0.144. The maximum absolute atomic E-state index is 14.8. The second-order valence-corrected chi connectivity index (χ2v) is 18.9. The van der Waals surface area contributed by atoms with E-state index in [0.29, 0.717) is 32.2 Å². The van der Waals surface area contributed by atoms with Crippen molar-refractivity contribution in [3.05, 3.63) is 35.4 Å². The molecule has 298 valence electrons. The van der Waals surface area contributed by atoms with E-state index < -0.39 is 69.1 Å². The number of urea groups is 1. The number of ketones is 1. The maximum atomic E-state index is 14.8. The van der Waals surface area contributed by atoms with Gasteiger partial charge in [0.25, 0.3) is 5.91 Å². The average Bonchev–Trinajstić information content (AvgIpc) is 3.71. The Morgan fingerprint density at radius 1 is 0.962 bits per heavy atom. The first kappa shape index (κ1) is 43.9. The third kappa shape index (κ3) is 12.0. The predicted octanol–water partition coefficient (Wildman–Crippen LogP) is 3.26. The molecule has 14 heteroatoms. The summed E-state index contributed by atoms with van der Waals surface area (Å²) in [6.45, 7) is 16.1. The molecule has 1 unspecified atom stereocenters. The van der Waals surface area contributed by atoms with Crippen molar-refractivity contribution in [2.75, 3.05) is 32.9 Å². The fourth-order valence-electron chi connectivity index (χ4n) is 7.23. The summed E-state index contributed by atoms with van der Waals surface area (Å²) < 4.78 is 25.7. The Balaban J connectivity index is 1.94. The summed E-state index contributed by atoms with van der Waals surface area (Å²) in [6.07, 6.45) is 4.42. The Morgan fingerprint density at radius 2 is 1.57 bits per heavy atom. The van der Waals surface area contributed by atoms with Crippen LogP contribution in [0.25, 0.3) is 0 Å². The Hall–Kier alpha value is -3.52. The largest absolute Gasteiger partial charge is 0.349 e. The minimum absolute atomic E-state index is 0.0208. The summed E-state index contributed by atoms with van der Waals surface area (Å²) in [7, 11) is -2.07. The van der Waals surface area contributed by atoms with E-state index in [4.69, 9.17) is 0 Å². The molecule has 1 fully saturated rings. The zero-order valence-corrected chi connectivity index (χ0v) is 34.3. The minimum atomic E-state index is -3.52. The van der Waals surface area contributed by atoms with Gasteiger partial charge in [0.1, 0.15) is 12.1 Å². The number of sulfonamides is 1. The summed E-state index contributed by atoms with van der Waals surface area (Å²) in [4.78, 5) is 70.7. The lowest BCUT2D eigenvalue weighted by Gasteiger charge is -2.36. The van der Waals surface area contributed by atoms with Crippen LogP contribution >= 0.6 is 0 Å². The van der Waals surface area contributed by atoms with Crippen molar-refractivity contribution in [3.8, 4) is 0 Å². The number of carbonyl (C=O) groups is 5. The Labute approximate surface area is 317 Å². The van der Waals surface area contributed by atoms with Gasteiger partial charge in [-0.1, -0.05) is 92.5 Å². The molecule has 1 aliphatic carbocycles. The summed E-state index contributed by atoms with van der Waals surface area (Å²) >= 11 is 0. The van der Waals surface area contributed by atoms with Gasteiger partial charge < -0.3 is 26.2 Å². The van der Waals surface area contributed by atoms with Gasteiger partial charge in [0.15, 0.2) is 0 Å². The molecule has 53 heavy (non-hydrogen) atoms. The second kappa shape index (κ2) is 18.7. The van der Waals surface area contributed by atoms with E-state index in [2.05, 4.69) is 21.3 Å². The van der Waals surface area contributed by atoms with Crippen LogP contribution in [0.15, 0.2) is 24.3 Å². The molecule has 0 spiro atoms. The Morgan fingerprint density at radius 3 is 2.08 bits per heavy atom. The number of Topliss-reactive ketones (excluding diaryl/α,β-unsaturated/α-hetero) is 1. The molecule has 4 N–H and O–H groups in total. The van der Waals surface area contributed by atoms with Crippen molar-refractivity contribution < 1.29 is 32.4 Å². The Kier molecular flexibility index (Phi) is 15.5. The predicted molar refractivity (Wildman–Crippen MR) is 206 cm³/mol. The van der Waals surface area contributed by atoms with Crippen LogP contribution in [0.4, 0.5) is 4.79 Å². The summed E-state index contributed by atoms with van der Waals surface area (Å²) in [5, 5.41) is 11.4. The number of hydrogen-bond donors (Lipinski definition) is 4. The topological polar surface area (TPSA) is 174 Å². The third-order valence-corrected chi connectivity index (χ3v) is 12.0. The molecular weight excluding hydrogens is 697 g/mol. The highest BCUT2D eigenvalue weighted by molar-refractivity contribution is 7.88. The van der Waals surface area contributed by atoms with Crippen LogP contribution in [0.1, 0.15) is 92.2 Å². The van der Waals surface area contributed by atoms with E-state index in [1.807, 2.05) is 79.7 Å². The number of fused-ring (bicyclic) bond motifs is 1. The highest BCUT2D eigenvalue weighted by Gasteiger charge is 2.48.